The highest BCUT2D eigenvalue weighted by atomic mass is 79.9. The fraction of sp³-hybridized carbons (Fsp3) is 0.400. The van der Waals surface area contributed by atoms with Crippen LogP contribution in [0.4, 0.5) is 0 Å². The summed E-state index contributed by atoms with van der Waals surface area (Å²) in [5.74, 6) is 3.26. The van der Waals surface area contributed by atoms with Gasteiger partial charge in [-0.15, -0.1) is 12.3 Å². The van der Waals surface area contributed by atoms with E-state index in [0.717, 1.165) is 12.2 Å². The second-order valence-corrected chi connectivity index (χ2v) is 3.77. The van der Waals surface area contributed by atoms with Crippen LogP contribution in [0.25, 0.3) is 0 Å². The monoisotopic (exact) mass is 254 g/mol. The number of halogens is 1. The topological polar surface area (TPSA) is 34.9 Å². The zero-order chi connectivity index (χ0) is 10.6. The lowest BCUT2D eigenvalue weighted by atomic mass is 10.3. The van der Waals surface area contributed by atoms with Gasteiger partial charge < -0.3 is 0 Å². The molecular formula is C10H11BrN2O. The van der Waals surface area contributed by atoms with Gasteiger partial charge in [-0.05, 0) is 29.3 Å². The first-order valence-electron chi connectivity index (χ1n) is 4.32. The van der Waals surface area contributed by atoms with Crippen LogP contribution >= 0.6 is 15.9 Å². The van der Waals surface area contributed by atoms with Crippen molar-refractivity contribution in [1.29, 1.82) is 0 Å². The summed E-state index contributed by atoms with van der Waals surface area (Å²) >= 11 is 3.15. The zero-order valence-electron chi connectivity index (χ0n) is 7.96. The van der Waals surface area contributed by atoms with Crippen molar-refractivity contribution >= 4 is 15.9 Å². The molecule has 0 aliphatic carbocycles. The normalized spacial score (nSPS) is 9.79. The molecule has 14 heavy (non-hydrogen) atoms. The van der Waals surface area contributed by atoms with Crippen molar-refractivity contribution < 1.29 is 0 Å². The van der Waals surface area contributed by atoms with Gasteiger partial charge in [-0.3, -0.25) is 9.36 Å². The molecule has 0 radical (unpaired) electrons. The molecule has 0 saturated carbocycles. The Morgan fingerprint density at radius 3 is 3.07 bits per heavy atom. The van der Waals surface area contributed by atoms with Gasteiger partial charge in [0.2, 0.25) is 0 Å². The summed E-state index contributed by atoms with van der Waals surface area (Å²) in [6, 6.07) is 0. The molecule has 0 amide bonds. The maximum Gasteiger partial charge on any atom is 0.267 e. The summed E-state index contributed by atoms with van der Waals surface area (Å²) in [5.41, 5.74) is -0.0467. The van der Waals surface area contributed by atoms with E-state index in [2.05, 4.69) is 26.8 Å². The Hall–Kier alpha value is -1.08. The largest absolute Gasteiger partial charge is 0.296 e. The van der Waals surface area contributed by atoms with Gasteiger partial charge in [-0.2, -0.15) is 0 Å². The molecule has 1 heterocycles. The average Bonchev–Trinajstić information content (AvgIpc) is 2.18. The molecule has 0 aliphatic heterocycles. The molecule has 1 aromatic heterocycles. The van der Waals surface area contributed by atoms with Crippen LogP contribution in [0, 0.1) is 19.3 Å². The van der Waals surface area contributed by atoms with Crippen LogP contribution in [0.5, 0.6) is 0 Å². The van der Waals surface area contributed by atoms with Crippen molar-refractivity contribution in [2.45, 2.75) is 26.3 Å². The minimum absolute atomic E-state index is 0.0467. The number of terminal acetylenes is 1. The van der Waals surface area contributed by atoms with Gasteiger partial charge in [0, 0.05) is 19.2 Å². The molecule has 0 unspecified atom stereocenters. The molecule has 0 fully saturated rings. The average molecular weight is 255 g/mol. The van der Waals surface area contributed by atoms with Crippen LogP contribution in [0.15, 0.2) is 15.5 Å². The van der Waals surface area contributed by atoms with Crippen LogP contribution in [-0.2, 0) is 6.54 Å². The third-order valence-corrected chi connectivity index (χ3v) is 2.45. The first kappa shape index (κ1) is 11.0. The van der Waals surface area contributed by atoms with Crippen molar-refractivity contribution in [3.8, 4) is 12.3 Å². The Morgan fingerprint density at radius 1 is 1.71 bits per heavy atom. The Bertz CT molecular complexity index is 417. The van der Waals surface area contributed by atoms with E-state index >= 15 is 0 Å². The smallest absolute Gasteiger partial charge is 0.267 e. The number of unbranched alkanes of at least 4 members (excludes halogenated alkanes) is 1. The molecule has 0 aliphatic rings. The lowest BCUT2D eigenvalue weighted by Crippen LogP contribution is -2.24. The van der Waals surface area contributed by atoms with E-state index < -0.39 is 0 Å². The second-order valence-electron chi connectivity index (χ2n) is 2.92. The molecule has 0 bridgehead atoms. The third kappa shape index (κ3) is 2.46. The van der Waals surface area contributed by atoms with Crippen molar-refractivity contribution in [1.82, 2.24) is 9.55 Å². The molecule has 0 N–H and O–H groups in total. The van der Waals surface area contributed by atoms with E-state index in [1.807, 2.05) is 6.92 Å². The molecule has 3 nitrogen and oxygen atoms in total. The second kappa shape index (κ2) is 4.97. The maximum atomic E-state index is 11.6. The van der Waals surface area contributed by atoms with Crippen LogP contribution in [-0.4, -0.2) is 9.55 Å². The SMILES string of the molecule is C#CCCCn1c(C)ncc(Br)c1=O. The molecule has 0 atom stereocenters. The van der Waals surface area contributed by atoms with Crippen molar-refractivity contribution in [2.24, 2.45) is 0 Å². The predicted molar refractivity (Wildman–Crippen MR) is 59.0 cm³/mol. The van der Waals surface area contributed by atoms with E-state index in [0.29, 0.717) is 17.4 Å². The third-order valence-electron chi connectivity index (χ3n) is 1.91. The molecule has 0 saturated heterocycles. The lowest BCUT2D eigenvalue weighted by molar-refractivity contribution is 0.598. The van der Waals surface area contributed by atoms with Gasteiger partial charge in [-0.1, -0.05) is 0 Å². The number of nitrogens with zero attached hydrogens (tertiary/aromatic N) is 2. The zero-order valence-corrected chi connectivity index (χ0v) is 9.54. The summed E-state index contributed by atoms with van der Waals surface area (Å²) in [4.78, 5) is 15.7. The molecular weight excluding hydrogens is 244 g/mol. The van der Waals surface area contributed by atoms with E-state index in [-0.39, 0.29) is 5.56 Å². The number of aryl methyl sites for hydroxylation is 1. The minimum Gasteiger partial charge on any atom is -0.296 e. The van der Waals surface area contributed by atoms with Gasteiger partial charge in [-0.25, -0.2) is 4.98 Å². The lowest BCUT2D eigenvalue weighted by Gasteiger charge is -2.07. The number of aromatic nitrogens is 2. The highest BCUT2D eigenvalue weighted by Gasteiger charge is 2.03. The van der Waals surface area contributed by atoms with Gasteiger partial charge in [0.05, 0.1) is 0 Å². The summed E-state index contributed by atoms with van der Waals surface area (Å²) in [5, 5.41) is 0. The van der Waals surface area contributed by atoms with Crippen LogP contribution in [0.1, 0.15) is 18.7 Å². The fourth-order valence-electron chi connectivity index (χ4n) is 1.15. The van der Waals surface area contributed by atoms with E-state index in [1.165, 1.54) is 6.20 Å². The molecule has 1 rings (SSSR count). The summed E-state index contributed by atoms with van der Waals surface area (Å²) in [7, 11) is 0. The van der Waals surface area contributed by atoms with E-state index in [1.54, 1.807) is 4.57 Å². The van der Waals surface area contributed by atoms with E-state index in [9.17, 15) is 4.79 Å². The molecule has 0 aromatic carbocycles. The van der Waals surface area contributed by atoms with Crippen molar-refractivity contribution in [3.05, 3.63) is 26.8 Å². The Morgan fingerprint density at radius 2 is 2.43 bits per heavy atom. The van der Waals surface area contributed by atoms with Crippen LogP contribution in [0.2, 0.25) is 0 Å². The first-order valence-corrected chi connectivity index (χ1v) is 5.11. The highest BCUT2D eigenvalue weighted by molar-refractivity contribution is 9.10. The fourth-order valence-corrected chi connectivity index (χ4v) is 1.47. The van der Waals surface area contributed by atoms with Crippen LogP contribution < -0.4 is 5.56 Å². The van der Waals surface area contributed by atoms with Gasteiger partial charge in [0.1, 0.15) is 10.3 Å². The summed E-state index contributed by atoms with van der Waals surface area (Å²) < 4.78 is 2.12. The number of rotatable bonds is 3. The molecule has 1 aromatic rings. The standard InChI is InChI=1S/C10H11BrN2O/c1-3-4-5-6-13-8(2)12-7-9(11)10(13)14/h1,7H,4-6H2,2H3. The van der Waals surface area contributed by atoms with Crippen LogP contribution in [0.3, 0.4) is 0 Å². The molecule has 74 valence electrons. The summed E-state index contributed by atoms with van der Waals surface area (Å²) in [6.45, 7) is 2.44. The quantitative estimate of drug-likeness (QED) is 0.609. The highest BCUT2D eigenvalue weighted by Crippen LogP contribution is 2.02. The molecule has 0 spiro atoms. The predicted octanol–water partition coefficient (Wildman–Crippen LogP) is 1.73. The number of hydrogen-bond acceptors (Lipinski definition) is 2. The Kier molecular flexibility index (Phi) is 3.90. The van der Waals surface area contributed by atoms with E-state index in [4.69, 9.17) is 6.42 Å². The van der Waals surface area contributed by atoms with Crippen molar-refractivity contribution in [3.63, 3.8) is 0 Å². The Balaban J connectivity index is 2.91. The minimum atomic E-state index is -0.0467. The Labute approximate surface area is 91.3 Å². The number of hydrogen-bond donors (Lipinski definition) is 0. The van der Waals surface area contributed by atoms with Crippen molar-refractivity contribution in [2.75, 3.05) is 0 Å². The van der Waals surface area contributed by atoms with Gasteiger partial charge in [0.15, 0.2) is 0 Å². The first-order chi connectivity index (χ1) is 6.66. The molecule has 4 heteroatoms. The summed E-state index contributed by atoms with van der Waals surface area (Å²) in [6.07, 6.45) is 8.14. The maximum absolute atomic E-state index is 11.6. The van der Waals surface area contributed by atoms with Gasteiger partial charge in [0.25, 0.3) is 5.56 Å². The van der Waals surface area contributed by atoms with Gasteiger partial charge >= 0.3 is 0 Å².